The first kappa shape index (κ1) is 25.5. The first-order valence-electron chi connectivity index (χ1n) is 12.7. The number of hydrogen-bond acceptors (Lipinski definition) is 6. The molecule has 0 radical (unpaired) electrons. The number of halogens is 2. The topological polar surface area (TPSA) is 94.6 Å². The third-order valence-corrected chi connectivity index (χ3v) is 6.90. The zero-order valence-electron chi connectivity index (χ0n) is 21.4. The van der Waals surface area contributed by atoms with Crippen molar-refractivity contribution in [3.63, 3.8) is 0 Å². The Kier molecular flexibility index (Phi) is 6.92. The van der Waals surface area contributed by atoms with Crippen LogP contribution in [0.4, 0.5) is 8.92 Å². The van der Waals surface area contributed by atoms with Gasteiger partial charge in [0.2, 0.25) is 0 Å². The zero-order valence-corrected chi connectivity index (χ0v) is 21.4. The Morgan fingerprint density at radius 2 is 2.00 bits per heavy atom. The van der Waals surface area contributed by atoms with Gasteiger partial charge in [-0.2, -0.15) is 10.2 Å². The maximum atomic E-state index is 15.3. The van der Waals surface area contributed by atoms with Crippen molar-refractivity contribution in [1.29, 1.82) is 0 Å². The van der Waals surface area contributed by atoms with Gasteiger partial charge in [0.1, 0.15) is 17.1 Å². The Balaban J connectivity index is 1.51. The molecule has 4 aromatic rings. The van der Waals surface area contributed by atoms with Crippen molar-refractivity contribution >= 4 is 17.5 Å². The molecule has 198 valence electrons. The number of fused-ring (bicyclic) bond motifs is 1. The summed E-state index contributed by atoms with van der Waals surface area (Å²) in [4.78, 5) is 34.5. The van der Waals surface area contributed by atoms with E-state index in [4.69, 9.17) is 0 Å². The molecule has 38 heavy (non-hydrogen) atoms. The van der Waals surface area contributed by atoms with Crippen LogP contribution in [0.25, 0.3) is 22.6 Å². The van der Waals surface area contributed by atoms with Crippen molar-refractivity contribution in [2.45, 2.75) is 58.4 Å². The molecule has 0 bridgehead atoms. The Labute approximate surface area is 217 Å². The highest BCUT2D eigenvalue weighted by Crippen LogP contribution is 2.40. The molecule has 5 rings (SSSR count). The Bertz CT molecular complexity index is 1510. The van der Waals surface area contributed by atoms with Crippen LogP contribution in [0, 0.1) is 5.82 Å². The number of nitrogens with zero attached hydrogens (tertiary/aromatic N) is 6. The molecule has 1 aliphatic rings. The number of carbonyl (C=O) groups is 2. The van der Waals surface area contributed by atoms with E-state index in [0.717, 1.165) is 37.6 Å². The van der Waals surface area contributed by atoms with E-state index in [1.54, 1.807) is 22.7 Å². The molecule has 3 heterocycles. The molecule has 1 atom stereocenters. The second-order valence-electron chi connectivity index (χ2n) is 9.60. The van der Waals surface area contributed by atoms with Gasteiger partial charge in [0, 0.05) is 52.6 Å². The number of amides is 1. The normalized spacial score (nSPS) is 14.0. The van der Waals surface area contributed by atoms with Gasteiger partial charge in [-0.05, 0) is 50.8 Å². The molecular weight excluding hydrogens is 494 g/mol. The van der Waals surface area contributed by atoms with Crippen LogP contribution in [0.1, 0.15) is 78.9 Å². The highest BCUT2D eigenvalue weighted by Gasteiger charge is 2.30. The molecule has 1 aromatic carbocycles. The minimum absolute atomic E-state index is 0.0893. The van der Waals surface area contributed by atoms with E-state index >= 15 is 4.39 Å². The lowest BCUT2D eigenvalue weighted by Gasteiger charge is -2.28. The number of carbonyl (C=O) groups excluding carboxylic acids is 2. The zero-order chi connectivity index (χ0) is 27.0. The largest absolute Gasteiger partial charge is 0.382 e. The van der Waals surface area contributed by atoms with E-state index in [1.807, 2.05) is 24.8 Å². The van der Waals surface area contributed by atoms with Crippen LogP contribution < -0.4 is 0 Å². The van der Waals surface area contributed by atoms with Crippen LogP contribution in [0.15, 0.2) is 42.7 Å². The van der Waals surface area contributed by atoms with Gasteiger partial charge in [-0.1, -0.05) is 13.8 Å². The summed E-state index contributed by atoms with van der Waals surface area (Å²) in [7, 11) is 0. The molecule has 0 aliphatic heterocycles. The predicted molar refractivity (Wildman–Crippen MR) is 135 cm³/mol. The summed E-state index contributed by atoms with van der Waals surface area (Å²) in [6.45, 7) is 6.78. The molecule has 0 saturated heterocycles. The molecule has 0 N–H and O–H groups in total. The summed E-state index contributed by atoms with van der Waals surface area (Å²) < 4.78 is 30.4. The summed E-state index contributed by atoms with van der Waals surface area (Å²) in [5, 5.41) is 8.60. The van der Waals surface area contributed by atoms with Gasteiger partial charge in [0.25, 0.3) is 5.91 Å². The number of benzene rings is 1. The average molecular weight is 523 g/mol. The highest BCUT2D eigenvalue weighted by atomic mass is 19.3. The fraction of sp³-hybridized carbons (Fsp3) is 0.370. The van der Waals surface area contributed by atoms with E-state index in [1.165, 1.54) is 16.9 Å². The van der Waals surface area contributed by atoms with E-state index in [9.17, 15) is 14.1 Å². The van der Waals surface area contributed by atoms with Gasteiger partial charge >= 0.3 is 5.97 Å². The molecule has 3 aromatic heterocycles. The van der Waals surface area contributed by atoms with Gasteiger partial charge < -0.3 is 4.90 Å². The van der Waals surface area contributed by atoms with Crippen LogP contribution >= 0.6 is 0 Å². The van der Waals surface area contributed by atoms with Gasteiger partial charge in [0.15, 0.2) is 5.65 Å². The molecular formula is C27H28F2N6O3. The molecule has 11 heteroatoms. The monoisotopic (exact) mass is 522 g/mol. The molecule has 0 spiro atoms. The molecule has 1 saturated carbocycles. The number of aromatic nitrogens is 5. The average Bonchev–Trinajstić information content (AvgIpc) is 3.49. The standard InChI is InChI=1S/C27H28F2N6O3/c1-4-10-33(16(3)5-2)26(36)23-12-24(17-6-7-17)35-25(31-23)13-22(32-35)20-9-8-19(11-21(20)28)34-15-18(14-30-34)27(37)38-29/h8-9,11-17H,4-7,10H2,1-3H3/t16-/m1/s1. The Morgan fingerprint density at radius 1 is 1.21 bits per heavy atom. The molecule has 9 nitrogen and oxygen atoms in total. The Morgan fingerprint density at radius 3 is 2.66 bits per heavy atom. The molecule has 1 amide bonds. The fourth-order valence-corrected chi connectivity index (χ4v) is 4.51. The third kappa shape index (κ3) is 4.75. The van der Waals surface area contributed by atoms with Crippen molar-refractivity contribution in [2.24, 2.45) is 0 Å². The Hall–Kier alpha value is -4.15. The maximum absolute atomic E-state index is 15.3. The van der Waals surface area contributed by atoms with Gasteiger partial charge in [-0.25, -0.2) is 28.3 Å². The molecule has 0 unspecified atom stereocenters. The lowest BCUT2D eigenvalue weighted by Crippen LogP contribution is -2.39. The molecule has 1 aliphatic carbocycles. The minimum Gasteiger partial charge on any atom is -0.335 e. The quantitative estimate of drug-likeness (QED) is 0.296. The van der Waals surface area contributed by atoms with E-state index < -0.39 is 11.8 Å². The minimum atomic E-state index is -1.18. The van der Waals surface area contributed by atoms with Crippen LogP contribution in [-0.4, -0.2) is 53.7 Å². The summed E-state index contributed by atoms with van der Waals surface area (Å²) in [5.74, 6) is -1.58. The lowest BCUT2D eigenvalue weighted by molar-refractivity contribution is -0.0788. The van der Waals surface area contributed by atoms with Gasteiger partial charge in [0.05, 0.1) is 17.6 Å². The predicted octanol–water partition coefficient (Wildman–Crippen LogP) is 5.29. The van der Waals surface area contributed by atoms with E-state index in [0.29, 0.717) is 29.3 Å². The highest BCUT2D eigenvalue weighted by molar-refractivity contribution is 5.93. The van der Waals surface area contributed by atoms with Gasteiger partial charge in [-0.3, -0.25) is 4.79 Å². The van der Waals surface area contributed by atoms with E-state index in [-0.39, 0.29) is 29.0 Å². The fourth-order valence-electron chi connectivity index (χ4n) is 4.51. The lowest BCUT2D eigenvalue weighted by atomic mass is 10.1. The van der Waals surface area contributed by atoms with Crippen molar-refractivity contribution in [3.05, 3.63) is 65.5 Å². The smallest absolute Gasteiger partial charge is 0.335 e. The van der Waals surface area contributed by atoms with Crippen LogP contribution in [0.5, 0.6) is 0 Å². The van der Waals surface area contributed by atoms with Crippen molar-refractivity contribution < 1.29 is 23.4 Å². The summed E-state index contributed by atoms with van der Waals surface area (Å²) in [5.41, 5.74) is 2.60. The summed E-state index contributed by atoms with van der Waals surface area (Å²) >= 11 is 0. The van der Waals surface area contributed by atoms with Crippen LogP contribution in [0.3, 0.4) is 0 Å². The van der Waals surface area contributed by atoms with Gasteiger partial charge in [-0.15, -0.1) is 0 Å². The third-order valence-electron chi connectivity index (χ3n) is 6.90. The van der Waals surface area contributed by atoms with E-state index in [2.05, 4.69) is 27.0 Å². The molecule has 1 fully saturated rings. The van der Waals surface area contributed by atoms with Crippen molar-refractivity contribution in [3.8, 4) is 16.9 Å². The second-order valence-corrected chi connectivity index (χ2v) is 9.60. The summed E-state index contributed by atoms with van der Waals surface area (Å²) in [6, 6.07) is 8.00. The summed E-state index contributed by atoms with van der Waals surface area (Å²) in [6.07, 6.45) is 6.05. The first-order chi connectivity index (χ1) is 18.3. The first-order valence-corrected chi connectivity index (χ1v) is 12.7. The SMILES string of the molecule is CCCN(C(=O)c1cc(C2CC2)n2nc(-c3ccc(-n4cc(C(=O)OF)cn4)cc3F)cc2n1)[C@H](C)CC. The maximum Gasteiger partial charge on any atom is 0.382 e. The van der Waals surface area contributed by atoms with Crippen molar-refractivity contribution in [2.75, 3.05) is 6.54 Å². The second kappa shape index (κ2) is 10.3. The number of hydrogen-bond donors (Lipinski definition) is 0. The number of rotatable bonds is 9. The van der Waals surface area contributed by atoms with Crippen LogP contribution in [0.2, 0.25) is 0 Å². The van der Waals surface area contributed by atoms with Crippen LogP contribution in [-0.2, 0) is 4.94 Å². The van der Waals surface area contributed by atoms with Crippen molar-refractivity contribution in [1.82, 2.24) is 29.3 Å².